The average Bonchev–Trinajstić information content (AvgIpc) is 2.41. The second-order valence-corrected chi connectivity index (χ2v) is 2.48. The van der Waals surface area contributed by atoms with Gasteiger partial charge in [-0.05, 0) is 31.8 Å². The lowest BCUT2D eigenvalue weighted by molar-refractivity contribution is 0.886. The van der Waals surface area contributed by atoms with Crippen LogP contribution in [0.25, 0.3) is 0 Å². The Morgan fingerprint density at radius 2 is 2.00 bits per heavy atom. The zero-order chi connectivity index (χ0) is 7.23. The van der Waals surface area contributed by atoms with Crippen molar-refractivity contribution in [3.05, 3.63) is 24.9 Å². The minimum atomic E-state index is 1.20. The number of aliphatic imine (C=N–C) groups is 1. The normalized spacial score (nSPS) is 18.2. The van der Waals surface area contributed by atoms with Crippen LogP contribution >= 0.6 is 0 Å². The summed E-state index contributed by atoms with van der Waals surface area (Å²) in [7, 11) is 0. The third-order valence-corrected chi connectivity index (χ3v) is 1.66. The van der Waals surface area contributed by atoms with Crippen LogP contribution in [-0.2, 0) is 0 Å². The van der Waals surface area contributed by atoms with Crippen LogP contribution in [0.15, 0.2) is 29.9 Å². The Bertz CT molecular complexity index is 158. The van der Waals surface area contributed by atoms with Crippen molar-refractivity contribution in [2.45, 2.75) is 25.7 Å². The van der Waals surface area contributed by atoms with Crippen molar-refractivity contribution in [3.63, 3.8) is 0 Å². The van der Waals surface area contributed by atoms with Gasteiger partial charge in [0.25, 0.3) is 0 Å². The molecule has 0 aromatic heterocycles. The summed E-state index contributed by atoms with van der Waals surface area (Å²) in [5.41, 5.74) is 1.35. The summed E-state index contributed by atoms with van der Waals surface area (Å²) in [5, 5.41) is 0. The lowest BCUT2D eigenvalue weighted by Crippen LogP contribution is -1.84. The maximum atomic E-state index is 4.28. The molecule has 0 aromatic carbocycles. The van der Waals surface area contributed by atoms with E-state index in [1.165, 1.54) is 31.4 Å². The van der Waals surface area contributed by atoms with Crippen LogP contribution in [0.4, 0.5) is 0 Å². The molecule has 54 valence electrons. The fraction of sp³-hybridized carbons (Fsp3) is 0.444. The number of nitrogens with zero attached hydrogens (tertiary/aromatic N) is 1. The van der Waals surface area contributed by atoms with Gasteiger partial charge in [0.2, 0.25) is 0 Å². The van der Waals surface area contributed by atoms with Crippen molar-refractivity contribution in [3.8, 4) is 0 Å². The molecule has 0 atom stereocenters. The maximum absolute atomic E-state index is 4.28. The van der Waals surface area contributed by atoms with Crippen LogP contribution in [-0.4, -0.2) is 5.71 Å². The van der Waals surface area contributed by atoms with Gasteiger partial charge in [-0.15, -0.1) is 0 Å². The fourth-order valence-corrected chi connectivity index (χ4v) is 1.12. The molecule has 0 saturated heterocycles. The molecule has 1 aliphatic carbocycles. The Kier molecular flexibility index (Phi) is 2.94. The van der Waals surface area contributed by atoms with Crippen LogP contribution < -0.4 is 0 Å². The van der Waals surface area contributed by atoms with Crippen LogP contribution in [0.2, 0.25) is 0 Å². The molecule has 0 unspecified atom stereocenters. The fourth-order valence-electron chi connectivity index (χ4n) is 1.12. The number of rotatable bonds is 2. The van der Waals surface area contributed by atoms with E-state index in [1.54, 1.807) is 6.08 Å². The van der Waals surface area contributed by atoms with Gasteiger partial charge in [-0.2, -0.15) is 0 Å². The van der Waals surface area contributed by atoms with E-state index in [4.69, 9.17) is 0 Å². The SMILES string of the molecule is C=CC=CN=C1CCCC1. The Balaban J connectivity index is 2.37. The zero-order valence-electron chi connectivity index (χ0n) is 6.21. The van der Waals surface area contributed by atoms with Gasteiger partial charge in [0.05, 0.1) is 0 Å². The molecule has 0 bridgehead atoms. The van der Waals surface area contributed by atoms with Gasteiger partial charge >= 0.3 is 0 Å². The predicted octanol–water partition coefficient (Wildman–Crippen LogP) is 2.70. The van der Waals surface area contributed by atoms with Gasteiger partial charge in [0, 0.05) is 11.9 Å². The largest absolute Gasteiger partial charge is 0.266 e. The van der Waals surface area contributed by atoms with E-state index in [2.05, 4.69) is 11.6 Å². The smallest absolute Gasteiger partial charge is 0.0266 e. The lowest BCUT2D eigenvalue weighted by Gasteiger charge is -1.86. The van der Waals surface area contributed by atoms with E-state index in [9.17, 15) is 0 Å². The molecular weight excluding hydrogens is 122 g/mol. The first kappa shape index (κ1) is 7.26. The predicted molar refractivity (Wildman–Crippen MR) is 45.2 cm³/mol. The van der Waals surface area contributed by atoms with Crippen LogP contribution in [0, 0.1) is 0 Å². The Morgan fingerprint density at radius 1 is 1.30 bits per heavy atom. The van der Waals surface area contributed by atoms with Crippen molar-refractivity contribution < 1.29 is 0 Å². The molecule has 1 rings (SSSR count). The lowest BCUT2D eigenvalue weighted by atomic mass is 10.3. The maximum Gasteiger partial charge on any atom is 0.0266 e. The van der Waals surface area contributed by atoms with Gasteiger partial charge < -0.3 is 0 Å². The summed E-state index contributed by atoms with van der Waals surface area (Å²) in [6.07, 6.45) is 10.5. The minimum Gasteiger partial charge on any atom is -0.266 e. The first-order valence-electron chi connectivity index (χ1n) is 3.76. The topological polar surface area (TPSA) is 12.4 Å². The van der Waals surface area contributed by atoms with Gasteiger partial charge in [-0.25, -0.2) is 0 Å². The first-order chi connectivity index (χ1) is 4.93. The standard InChI is InChI=1S/C9H13N/c1-2-3-8-10-9-6-4-5-7-9/h2-3,8H,1,4-7H2. The molecular formula is C9H13N. The summed E-state index contributed by atoms with van der Waals surface area (Å²) < 4.78 is 0. The molecule has 0 amide bonds. The van der Waals surface area contributed by atoms with E-state index in [-0.39, 0.29) is 0 Å². The first-order valence-corrected chi connectivity index (χ1v) is 3.76. The summed E-state index contributed by atoms with van der Waals surface area (Å²) in [5.74, 6) is 0. The van der Waals surface area contributed by atoms with E-state index in [0.29, 0.717) is 0 Å². The Labute approximate surface area is 62.2 Å². The zero-order valence-corrected chi connectivity index (χ0v) is 6.21. The van der Waals surface area contributed by atoms with Crippen molar-refractivity contribution >= 4 is 5.71 Å². The molecule has 0 spiro atoms. The van der Waals surface area contributed by atoms with Gasteiger partial charge in [-0.1, -0.05) is 12.7 Å². The molecule has 0 aromatic rings. The van der Waals surface area contributed by atoms with Crippen molar-refractivity contribution in [2.24, 2.45) is 4.99 Å². The molecule has 10 heavy (non-hydrogen) atoms. The summed E-state index contributed by atoms with van der Waals surface area (Å²) in [6, 6.07) is 0. The minimum absolute atomic E-state index is 1.20. The number of hydrogen-bond donors (Lipinski definition) is 0. The molecule has 0 aliphatic heterocycles. The van der Waals surface area contributed by atoms with Crippen LogP contribution in [0.3, 0.4) is 0 Å². The third kappa shape index (κ3) is 2.18. The molecule has 0 heterocycles. The molecule has 0 N–H and O–H groups in total. The highest BCUT2D eigenvalue weighted by atomic mass is 14.7. The Morgan fingerprint density at radius 3 is 2.60 bits per heavy atom. The highest BCUT2D eigenvalue weighted by Gasteiger charge is 2.05. The molecule has 1 fully saturated rings. The second-order valence-electron chi connectivity index (χ2n) is 2.48. The molecule has 0 radical (unpaired) electrons. The van der Waals surface area contributed by atoms with E-state index >= 15 is 0 Å². The van der Waals surface area contributed by atoms with Gasteiger partial charge in [0.1, 0.15) is 0 Å². The van der Waals surface area contributed by atoms with Gasteiger partial charge in [0.15, 0.2) is 0 Å². The second kappa shape index (κ2) is 4.04. The quantitative estimate of drug-likeness (QED) is 0.516. The van der Waals surface area contributed by atoms with E-state index in [1.807, 2.05) is 12.3 Å². The molecule has 1 nitrogen and oxygen atoms in total. The van der Waals surface area contributed by atoms with Crippen LogP contribution in [0.5, 0.6) is 0 Å². The monoisotopic (exact) mass is 135 g/mol. The highest BCUT2D eigenvalue weighted by Crippen LogP contribution is 2.14. The van der Waals surface area contributed by atoms with Gasteiger partial charge in [-0.3, -0.25) is 4.99 Å². The van der Waals surface area contributed by atoms with E-state index < -0.39 is 0 Å². The average molecular weight is 135 g/mol. The number of hydrogen-bond acceptors (Lipinski definition) is 1. The summed E-state index contributed by atoms with van der Waals surface area (Å²) >= 11 is 0. The Hall–Kier alpha value is -0.850. The molecule has 1 aliphatic rings. The van der Waals surface area contributed by atoms with E-state index in [0.717, 1.165) is 0 Å². The van der Waals surface area contributed by atoms with Crippen molar-refractivity contribution in [1.29, 1.82) is 0 Å². The summed E-state index contributed by atoms with van der Waals surface area (Å²) in [4.78, 5) is 4.28. The molecule has 1 saturated carbocycles. The highest BCUT2D eigenvalue weighted by molar-refractivity contribution is 5.86. The third-order valence-electron chi connectivity index (χ3n) is 1.66. The van der Waals surface area contributed by atoms with Crippen molar-refractivity contribution in [2.75, 3.05) is 0 Å². The summed E-state index contributed by atoms with van der Waals surface area (Å²) in [6.45, 7) is 3.57. The van der Waals surface area contributed by atoms with Crippen LogP contribution in [0.1, 0.15) is 25.7 Å². The number of allylic oxidation sites excluding steroid dienone is 2. The van der Waals surface area contributed by atoms with Crippen molar-refractivity contribution in [1.82, 2.24) is 0 Å². The molecule has 1 heteroatoms.